The van der Waals surface area contributed by atoms with Crippen LogP contribution in [0.2, 0.25) is 0 Å². The average molecular weight is 439 g/mol. The molecule has 0 bridgehead atoms. The second-order valence-electron chi connectivity index (χ2n) is 9.60. The summed E-state index contributed by atoms with van der Waals surface area (Å²) < 4.78 is 13.1. The predicted molar refractivity (Wildman–Crippen MR) is 128 cm³/mol. The van der Waals surface area contributed by atoms with Gasteiger partial charge in [0.25, 0.3) is 0 Å². The van der Waals surface area contributed by atoms with Crippen molar-refractivity contribution >= 4 is 11.4 Å². The van der Waals surface area contributed by atoms with Crippen molar-refractivity contribution in [3.63, 3.8) is 0 Å². The third kappa shape index (κ3) is 4.94. The quantitative estimate of drug-likeness (QED) is 0.300. The molecule has 0 radical (unpaired) electrons. The molecule has 1 saturated carbocycles. The first-order valence-corrected chi connectivity index (χ1v) is 11.6. The number of pyridine rings is 1. The van der Waals surface area contributed by atoms with Crippen LogP contribution in [0.4, 0.5) is 4.39 Å². The third-order valence-electron chi connectivity index (χ3n) is 6.64. The van der Waals surface area contributed by atoms with Crippen LogP contribution in [0, 0.1) is 5.41 Å². The zero-order valence-electron chi connectivity index (χ0n) is 19.3. The molecule has 32 heavy (non-hydrogen) atoms. The minimum atomic E-state index is -0.529. The molecule has 3 heterocycles. The van der Waals surface area contributed by atoms with Crippen LogP contribution < -0.4 is 16.4 Å². The number of hydrogen-bond donors (Lipinski definition) is 4. The molecular formula is C25H35FN6. The van der Waals surface area contributed by atoms with Gasteiger partial charge in [-0.2, -0.15) is 0 Å². The molecule has 4 rings (SSSR count). The number of halogens is 1. The van der Waals surface area contributed by atoms with Crippen molar-refractivity contribution in [3.05, 3.63) is 59.2 Å². The van der Waals surface area contributed by atoms with Crippen LogP contribution in [-0.4, -0.2) is 41.1 Å². The minimum absolute atomic E-state index is 0.0438. The van der Waals surface area contributed by atoms with Gasteiger partial charge < -0.3 is 21.4 Å². The molecule has 2 unspecified atom stereocenters. The van der Waals surface area contributed by atoms with Gasteiger partial charge in [0.15, 0.2) is 0 Å². The molecule has 0 aromatic carbocycles. The standard InChI is InChI=1S/C25H35FN6/c1-4-19(17-11-18(12-26)30-13-17)23(27)32-24(31-22-8-10-29-15-25(22,2)3)20-7-9-28-14-21(20)16-5-6-16/h4,7,9,11,13-14,16,22-23,29-30H,5-6,8,10,12,15,27H2,1-3H3,(H,31,32)/b19-4+. The molecule has 1 aliphatic heterocycles. The summed E-state index contributed by atoms with van der Waals surface area (Å²) in [6.07, 6.45) is 10.5. The molecule has 2 aliphatic rings. The lowest BCUT2D eigenvalue weighted by atomic mass is 9.80. The summed E-state index contributed by atoms with van der Waals surface area (Å²) in [6.45, 7) is 7.83. The lowest BCUT2D eigenvalue weighted by Gasteiger charge is -2.37. The van der Waals surface area contributed by atoms with Crippen molar-refractivity contribution in [2.45, 2.75) is 64.8 Å². The van der Waals surface area contributed by atoms with E-state index in [9.17, 15) is 4.39 Å². The highest BCUT2D eigenvalue weighted by Crippen LogP contribution is 2.41. The smallest absolute Gasteiger partial charge is 0.130 e. The van der Waals surface area contributed by atoms with Gasteiger partial charge in [-0.05, 0) is 72.9 Å². The fourth-order valence-corrected chi connectivity index (χ4v) is 4.52. The van der Waals surface area contributed by atoms with Crippen LogP contribution in [0.25, 0.3) is 5.57 Å². The van der Waals surface area contributed by atoms with Crippen molar-refractivity contribution in [2.75, 3.05) is 13.1 Å². The largest absolute Gasteiger partial charge is 0.362 e. The number of hydrogen-bond acceptors (Lipinski definition) is 4. The van der Waals surface area contributed by atoms with Gasteiger partial charge in [0, 0.05) is 36.4 Å². The van der Waals surface area contributed by atoms with E-state index >= 15 is 0 Å². The molecule has 5 N–H and O–H groups in total. The Labute approximate surface area is 190 Å². The van der Waals surface area contributed by atoms with Gasteiger partial charge in [-0.15, -0.1) is 0 Å². The third-order valence-corrected chi connectivity index (χ3v) is 6.64. The average Bonchev–Trinajstić information content (AvgIpc) is 3.53. The second kappa shape index (κ2) is 9.55. The number of aliphatic imine (C=N–C) groups is 1. The van der Waals surface area contributed by atoms with E-state index in [4.69, 9.17) is 10.7 Å². The molecule has 2 atom stereocenters. The van der Waals surface area contributed by atoms with Gasteiger partial charge in [0.2, 0.25) is 0 Å². The number of alkyl halides is 1. The van der Waals surface area contributed by atoms with Crippen molar-refractivity contribution in [1.82, 2.24) is 20.6 Å². The van der Waals surface area contributed by atoms with Crippen molar-refractivity contribution in [2.24, 2.45) is 16.1 Å². The van der Waals surface area contributed by atoms with Gasteiger partial charge in [-0.1, -0.05) is 19.9 Å². The Hall–Kier alpha value is -2.51. The van der Waals surface area contributed by atoms with E-state index in [1.807, 2.05) is 37.5 Å². The number of allylic oxidation sites excluding steroid dienone is 1. The first-order chi connectivity index (χ1) is 15.4. The maximum absolute atomic E-state index is 13.1. The number of amidine groups is 1. The van der Waals surface area contributed by atoms with Crippen LogP contribution in [0.1, 0.15) is 68.3 Å². The lowest BCUT2D eigenvalue weighted by Crippen LogP contribution is -2.48. The highest BCUT2D eigenvalue weighted by molar-refractivity contribution is 6.01. The molecule has 1 saturated heterocycles. The van der Waals surface area contributed by atoms with E-state index in [1.54, 1.807) is 6.20 Å². The first kappa shape index (κ1) is 22.7. The number of H-pyrrole nitrogens is 1. The summed E-state index contributed by atoms with van der Waals surface area (Å²) in [5.74, 6) is 1.36. The van der Waals surface area contributed by atoms with Gasteiger partial charge >= 0.3 is 0 Å². The van der Waals surface area contributed by atoms with E-state index in [0.717, 1.165) is 42.0 Å². The molecule has 2 aromatic heterocycles. The molecule has 6 nitrogen and oxygen atoms in total. The van der Waals surface area contributed by atoms with Crippen molar-refractivity contribution < 1.29 is 4.39 Å². The van der Waals surface area contributed by atoms with Gasteiger partial charge in [-0.3, -0.25) is 9.98 Å². The SMILES string of the molecule is C/C=C(\c1c[nH]c(CF)c1)C(N)NC(=NC1CCNCC1(C)C)c1ccncc1C1CC1. The highest BCUT2D eigenvalue weighted by Gasteiger charge is 2.34. The molecule has 1 aliphatic carbocycles. The summed E-state index contributed by atoms with van der Waals surface area (Å²) in [5.41, 5.74) is 11.4. The van der Waals surface area contributed by atoms with Crippen LogP contribution >= 0.6 is 0 Å². The zero-order chi connectivity index (χ0) is 22.7. The maximum Gasteiger partial charge on any atom is 0.130 e. The van der Waals surface area contributed by atoms with Gasteiger partial charge in [0.05, 0.1) is 6.04 Å². The number of nitrogens with zero attached hydrogens (tertiary/aromatic N) is 2. The Kier molecular flexibility index (Phi) is 6.76. The fraction of sp³-hybridized carbons (Fsp3) is 0.520. The Balaban J connectivity index is 1.68. The molecule has 2 fully saturated rings. The summed E-state index contributed by atoms with van der Waals surface area (Å²) in [7, 11) is 0. The molecule has 2 aromatic rings. The van der Waals surface area contributed by atoms with E-state index in [-0.39, 0.29) is 11.5 Å². The Morgan fingerprint density at radius 2 is 2.22 bits per heavy atom. The van der Waals surface area contributed by atoms with Gasteiger partial charge in [0.1, 0.15) is 18.7 Å². The maximum atomic E-state index is 13.1. The summed E-state index contributed by atoms with van der Waals surface area (Å²) in [5, 5.41) is 7.01. The molecule has 0 spiro atoms. The number of aromatic nitrogens is 2. The summed E-state index contributed by atoms with van der Waals surface area (Å²) in [4.78, 5) is 12.6. The number of rotatable bonds is 7. The minimum Gasteiger partial charge on any atom is -0.362 e. The molecular weight excluding hydrogens is 403 g/mol. The van der Waals surface area contributed by atoms with Crippen LogP contribution in [0.5, 0.6) is 0 Å². The number of piperidine rings is 1. The number of aromatic amines is 1. The van der Waals surface area contributed by atoms with Crippen LogP contribution in [0.15, 0.2) is 41.8 Å². The first-order valence-electron chi connectivity index (χ1n) is 11.6. The Bertz CT molecular complexity index is 988. The van der Waals surface area contributed by atoms with Gasteiger partial charge in [-0.25, -0.2) is 4.39 Å². The monoisotopic (exact) mass is 438 g/mol. The Morgan fingerprint density at radius 3 is 2.88 bits per heavy atom. The molecule has 7 heteroatoms. The topological polar surface area (TPSA) is 91.1 Å². The Morgan fingerprint density at radius 1 is 1.41 bits per heavy atom. The van der Waals surface area contributed by atoms with E-state index in [0.29, 0.717) is 11.6 Å². The van der Waals surface area contributed by atoms with E-state index < -0.39 is 12.8 Å². The van der Waals surface area contributed by atoms with Crippen molar-refractivity contribution in [1.29, 1.82) is 0 Å². The summed E-state index contributed by atoms with van der Waals surface area (Å²) in [6, 6.07) is 4.04. The predicted octanol–water partition coefficient (Wildman–Crippen LogP) is 3.87. The fourth-order valence-electron chi connectivity index (χ4n) is 4.52. The summed E-state index contributed by atoms with van der Waals surface area (Å²) >= 11 is 0. The number of nitrogens with two attached hydrogens (primary N) is 1. The zero-order valence-corrected chi connectivity index (χ0v) is 19.3. The van der Waals surface area contributed by atoms with E-state index in [1.165, 1.54) is 18.4 Å². The normalized spacial score (nSPS) is 22.6. The lowest BCUT2D eigenvalue weighted by molar-refractivity contribution is 0.223. The number of nitrogens with one attached hydrogen (secondary N) is 3. The van der Waals surface area contributed by atoms with Crippen molar-refractivity contribution in [3.8, 4) is 0 Å². The highest BCUT2D eigenvalue weighted by atomic mass is 19.1. The second-order valence-corrected chi connectivity index (χ2v) is 9.60. The molecule has 0 amide bonds. The van der Waals surface area contributed by atoms with Crippen LogP contribution in [-0.2, 0) is 6.67 Å². The van der Waals surface area contributed by atoms with E-state index in [2.05, 4.69) is 34.4 Å². The van der Waals surface area contributed by atoms with Crippen LogP contribution in [0.3, 0.4) is 0 Å². The molecule has 172 valence electrons.